The summed E-state index contributed by atoms with van der Waals surface area (Å²) in [6.07, 6.45) is 2.91. The van der Waals surface area contributed by atoms with Gasteiger partial charge in [0.15, 0.2) is 0 Å². The molecule has 0 aromatic carbocycles. The van der Waals surface area contributed by atoms with E-state index in [0.29, 0.717) is 17.9 Å². The third-order valence-electron chi connectivity index (χ3n) is 3.04. The van der Waals surface area contributed by atoms with E-state index in [2.05, 4.69) is 32.8 Å². The molecule has 2 unspecified atom stereocenters. The Bertz CT molecular complexity index is 402. The smallest absolute Gasteiger partial charge is 0.232 e. The van der Waals surface area contributed by atoms with Gasteiger partial charge in [0.25, 0.3) is 0 Å². The molecule has 2 heterocycles. The summed E-state index contributed by atoms with van der Waals surface area (Å²) in [6, 6.07) is 0.320. The molecule has 1 aromatic rings. The highest BCUT2D eigenvalue weighted by molar-refractivity contribution is 9.10. The summed E-state index contributed by atoms with van der Waals surface area (Å²) >= 11 is 3.34. The van der Waals surface area contributed by atoms with Crippen molar-refractivity contribution in [3.63, 3.8) is 0 Å². The first kappa shape index (κ1) is 12.6. The second-order valence-electron chi connectivity index (χ2n) is 4.07. The molecule has 1 aromatic heterocycles. The van der Waals surface area contributed by atoms with E-state index in [1.807, 2.05) is 11.9 Å². The Labute approximate surface area is 109 Å². The zero-order valence-electron chi connectivity index (χ0n) is 10.2. The number of hydrogen-bond donors (Lipinski definition) is 0. The van der Waals surface area contributed by atoms with Crippen LogP contribution in [0.1, 0.15) is 13.3 Å². The topological polar surface area (TPSA) is 47.5 Å². The number of hydrogen-bond acceptors (Lipinski definition) is 5. The Balaban J connectivity index is 2.21. The normalized spacial score (nSPS) is 23.8. The molecule has 0 aliphatic carbocycles. The number of ether oxygens (including phenoxy) is 2. The second-order valence-corrected chi connectivity index (χ2v) is 4.92. The van der Waals surface area contributed by atoms with Gasteiger partial charge in [-0.25, -0.2) is 4.98 Å². The minimum Gasteiger partial charge on any atom is -0.480 e. The Morgan fingerprint density at radius 2 is 2.35 bits per heavy atom. The van der Waals surface area contributed by atoms with E-state index >= 15 is 0 Å². The summed E-state index contributed by atoms with van der Waals surface area (Å²) in [6.45, 7) is 2.87. The number of anilines is 1. The number of rotatable bonds is 3. The van der Waals surface area contributed by atoms with Crippen LogP contribution in [0.5, 0.6) is 5.88 Å². The van der Waals surface area contributed by atoms with Crippen molar-refractivity contribution in [2.24, 2.45) is 0 Å². The molecular weight excluding hydrogens is 286 g/mol. The Morgan fingerprint density at radius 3 is 2.94 bits per heavy atom. The lowest BCUT2D eigenvalue weighted by atomic mass is 10.1. The molecule has 0 amide bonds. The Hall–Kier alpha value is -0.880. The summed E-state index contributed by atoms with van der Waals surface area (Å²) in [4.78, 5) is 10.7. The van der Waals surface area contributed by atoms with Crippen molar-refractivity contribution in [1.29, 1.82) is 0 Å². The van der Waals surface area contributed by atoms with Gasteiger partial charge in [-0.15, -0.1) is 0 Å². The van der Waals surface area contributed by atoms with Gasteiger partial charge in [-0.3, -0.25) is 0 Å². The van der Waals surface area contributed by atoms with E-state index < -0.39 is 0 Å². The molecule has 0 bridgehead atoms. The molecule has 0 saturated carbocycles. The van der Waals surface area contributed by atoms with Crippen LogP contribution in [0, 0.1) is 0 Å². The van der Waals surface area contributed by atoms with Crippen molar-refractivity contribution in [2.45, 2.75) is 25.5 Å². The van der Waals surface area contributed by atoms with Crippen LogP contribution >= 0.6 is 15.9 Å². The number of nitrogens with zero attached hydrogens (tertiary/aromatic N) is 3. The molecule has 0 spiro atoms. The molecule has 5 nitrogen and oxygen atoms in total. The molecule has 2 rings (SSSR count). The lowest BCUT2D eigenvalue weighted by molar-refractivity contribution is 0.118. The monoisotopic (exact) mass is 301 g/mol. The van der Waals surface area contributed by atoms with Crippen molar-refractivity contribution < 1.29 is 9.47 Å². The highest BCUT2D eigenvalue weighted by atomic mass is 79.9. The van der Waals surface area contributed by atoms with Crippen molar-refractivity contribution in [3.8, 4) is 5.88 Å². The SMILES string of the molecule is COc1nc(N(C)C2CCOC2C)ncc1Br. The largest absolute Gasteiger partial charge is 0.480 e. The van der Waals surface area contributed by atoms with Gasteiger partial charge in [-0.1, -0.05) is 0 Å². The molecule has 17 heavy (non-hydrogen) atoms. The van der Waals surface area contributed by atoms with Gasteiger partial charge in [-0.2, -0.15) is 4.98 Å². The van der Waals surface area contributed by atoms with Crippen LogP contribution in [0.2, 0.25) is 0 Å². The number of aromatic nitrogens is 2. The van der Waals surface area contributed by atoms with Gasteiger partial charge in [0, 0.05) is 13.7 Å². The molecule has 0 N–H and O–H groups in total. The van der Waals surface area contributed by atoms with Crippen LogP contribution < -0.4 is 9.64 Å². The van der Waals surface area contributed by atoms with Gasteiger partial charge in [0.1, 0.15) is 0 Å². The fourth-order valence-electron chi connectivity index (χ4n) is 2.03. The lowest BCUT2D eigenvalue weighted by Gasteiger charge is -2.26. The molecule has 94 valence electrons. The van der Waals surface area contributed by atoms with Crippen LogP contribution in [0.4, 0.5) is 5.95 Å². The van der Waals surface area contributed by atoms with Crippen molar-refractivity contribution in [1.82, 2.24) is 9.97 Å². The fourth-order valence-corrected chi connectivity index (χ4v) is 2.39. The van der Waals surface area contributed by atoms with Crippen LogP contribution in [0.15, 0.2) is 10.7 Å². The first-order valence-electron chi connectivity index (χ1n) is 5.54. The Morgan fingerprint density at radius 1 is 1.59 bits per heavy atom. The van der Waals surface area contributed by atoms with Crippen molar-refractivity contribution in [2.75, 3.05) is 25.7 Å². The number of methoxy groups -OCH3 is 1. The quantitative estimate of drug-likeness (QED) is 0.853. The van der Waals surface area contributed by atoms with Gasteiger partial charge >= 0.3 is 0 Å². The van der Waals surface area contributed by atoms with E-state index in [1.54, 1.807) is 13.3 Å². The standard InChI is InChI=1S/C11H16BrN3O2/c1-7-9(4-5-17-7)15(2)11-13-6-8(12)10(14-11)16-3/h6-7,9H,4-5H2,1-3H3. The maximum atomic E-state index is 5.55. The third-order valence-corrected chi connectivity index (χ3v) is 3.59. The van der Waals surface area contributed by atoms with Gasteiger partial charge in [0.05, 0.1) is 29.9 Å². The van der Waals surface area contributed by atoms with Crippen LogP contribution in [-0.2, 0) is 4.74 Å². The van der Waals surface area contributed by atoms with Crippen molar-refractivity contribution in [3.05, 3.63) is 10.7 Å². The summed E-state index contributed by atoms with van der Waals surface area (Å²) in [5, 5.41) is 0. The van der Waals surface area contributed by atoms with Gasteiger partial charge in [-0.05, 0) is 29.3 Å². The third kappa shape index (κ3) is 2.52. The predicted molar refractivity (Wildman–Crippen MR) is 68.5 cm³/mol. The minimum absolute atomic E-state index is 0.207. The van der Waals surface area contributed by atoms with Crippen molar-refractivity contribution >= 4 is 21.9 Å². The van der Waals surface area contributed by atoms with E-state index in [0.717, 1.165) is 17.5 Å². The number of likely N-dealkylation sites (N-methyl/N-ethyl adjacent to an activating group) is 1. The molecular formula is C11H16BrN3O2. The molecule has 0 radical (unpaired) electrons. The summed E-state index contributed by atoms with van der Waals surface area (Å²) < 4.78 is 11.5. The zero-order chi connectivity index (χ0) is 12.4. The van der Waals surface area contributed by atoms with Gasteiger partial charge < -0.3 is 14.4 Å². The highest BCUT2D eigenvalue weighted by Gasteiger charge is 2.29. The molecule has 1 fully saturated rings. The van der Waals surface area contributed by atoms with Crippen LogP contribution in [0.3, 0.4) is 0 Å². The summed E-state index contributed by atoms with van der Waals surface area (Å²) in [5.41, 5.74) is 0. The average Bonchev–Trinajstić information content (AvgIpc) is 2.75. The van der Waals surface area contributed by atoms with E-state index in [9.17, 15) is 0 Å². The highest BCUT2D eigenvalue weighted by Crippen LogP contribution is 2.26. The first-order valence-corrected chi connectivity index (χ1v) is 6.33. The zero-order valence-corrected chi connectivity index (χ0v) is 11.8. The average molecular weight is 302 g/mol. The second kappa shape index (κ2) is 5.18. The molecule has 6 heteroatoms. The number of halogens is 1. The fraction of sp³-hybridized carbons (Fsp3) is 0.636. The maximum Gasteiger partial charge on any atom is 0.232 e. The molecule has 1 aliphatic rings. The molecule has 1 saturated heterocycles. The summed E-state index contributed by atoms with van der Waals surface area (Å²) in [5.74, 6) is 1.21. The first-order chi connectivity index (χ1) is 8.13. The van der Waals surface area contributed by atoms with Crippen LogP contribution in [-0.4, -0.2) is 42.9 Å². The van der Waals surface area contributed by atoms with E-state index in [4.69, 9.17) is 9.47 Å². The predicted octanol–water partition coefficient (Wildman–Crippen LogP) is 1.86. The molecule has 2 atom stereocenters. The van der Waals surface area contributed by atoms with Crippen LogP contribution in [0.25, 0.3) is 0 Å². The molecule has 1 aliphatic heterocycles. The van der Waals surface area contributed by atoms with E-state index in [-0.39, 0.29) is 6.10 Å². The minimum atomic E-state index is 0.207. The van der Waals surface area contributed by atoms with Gasteiger partial charge in [0.2, 0.25) is 11.8 Å². The summed E-state index contributed by atoms with van der Waals surface area (Å²) in [7, 11) is 3.58. The maximum absolute atomic E-state index is 5.55. The van der Waals surface area contributed by atoms with E-state index in [1.165, 1.54) is 0 Å². The Kier molecular flexibility index (Phi) is 3.83. The lowest BCUT2D eigenvalue weighted by Crippen LogP contribution is -2.37.